The summed E-state index contributed by atoms with van der Waals surface area (Å²) in [5.74, 6) is -0.468. The summed E-state index contributed by atoms with van der Waals surface area (Å²) in [6.45, 7) is 0.384. The lowest BCUT2D eigenvalue weighted by Gasteiger charge is -2.12. The molecule has 2 heterocycles. The molecule has 0 fully saturated rings. The molecule has 1 N–H and O–H groups in total. The molecule has 8 heteroatoms. The van der Waals surface area contributed by atoms with Gasteiger partial charge in [-0.3, -0.25) is 4.79 Å². The van der Waals surface area contributed by atoms with Crippen LogP contribution < -0.4 is 5.32 Å². The first-order chi connectivity index (χ1) is 16.5. The fourth-order valence-corrected chi connectivity index (χ4v) is 4.09. The van der Waals surface area contributed by atoms with Gasteiger partial charge in [0.05, 0.1) is 21.6 Å². The summed E-state index contributed by atoms with van der Waals surface area (Å²) in [6.07, 6.45) is 0.526. The number of nitrogens with zero attached hydrogens (tertiary/aromatic N) is 4. The monoisotopic (exact) mass is 469 g/mol. The molecular weight excluding hydrogens is 453 g/mol. The molecule has 0 saturated carbocycles. The number of aromatic nitrogens is 3. The average Bonchev–Trinajstić information content (AvgIpc) is 3.13. The molecule has 0 radical (unpaired) electrons. The molecule has 6 nitrogen and oxygen atoms in total. The highest BCUT2D eigenvalue weighted by Gasteiger charge is 2.23. The van der Waals surface area contributed by atoms with Gasteiger partial charge in [0.1, 0.15) is 28.8 Å². The second-order valence-electron chi connectivity index (χ2n) is 7.68. The van der Waals surface area contributed by atoms with Crippen LogP contribution >= 0.6 is 11.6 Å². The zero-order chi connectivity index (χ0) is 23.7. The second-order valence-corrected chi connectivity index (χ2v) is 8.09. The minimum absolute atomic E-state index is 0.216. The van der Waals surface area contributed by atoms with E-state index in [0.717, 1.165) is 5.56 Å². The fourth-order valence-electron chi connectivity index (χ4n) is 3.87. The van der Waals surface area contributed by atoms with Crippen LogP contribution in [-0.4, -0.2) is 20.4 Å². The topological polar surface area (TPSA) is 83.6 Å². The Bertz CT molecular complexity index is 1590. The third-order valence-electron chi connectivity index (χ3n) is 5.55. The zero-order valence-electron chi connectivity index (χ0n) is 17.8. The van der Waals surface area contributed by atoms with Crippen LogP contribution in [0.2, 0.25) is 5.02 Å². The normalized spacial score (nSPS) is 11.0. The summed E-state index contributed by atoms with van der Waals surface area (Å²) in [4.78, 5) is 22.5. The minimum atomic E-state index is -0.447. The fraction of sp³-hybridized carbons (Fsp3) is 0.0769. The van der Waals surface area contributed by atoms with E-state index >= 15 is 0 Å². The van der Waals surface area contributed by atoms with Gasteiger partial charge in [-0.05, 0) is 48.4 Å². The van der Waals surface area contributed by atoms with Gasteiger partial charge in [0.25, 0.3) is 5.91 Å². The number of halogens is 2. The molecule has 5 aromatic rings. The van der Waals surface area contributed by atoms with Crippen molar-refractivity contribution in [1.82, 2.24) is 14.5 Å². The van der Waals surface area contributed by atoms with Crippen molar-refractivity contribution in [3.8, 4) is 6.07 Å². The van der Waals surface area contributed by atoms with Gasteiger partial charge in [0.2, 0.25) is 0 Å². The smallest absolute Gasteiger partial charge is 0.258 e. The number of hydrogen-bond donors (Lipinski definition) is 1. The molecule has 2 aromatic heterocycles. The first-order valence-corrected chi connectivity index (χ1v) is 10.9. The Morgan fingerprint density at radius 3 is 2.38 bits per heavy atom. The summed E-state index contributed by atoms with van der Waals surface area (Å²) >= 11 is 6.21. The van der Waals surface area contributed by atoms with E-state index < -0.39 is 5.91 Å². The molecule has 0 saturated heterocycles. The van der Waals surface area contributed by atoms with Gasteiger partial charge in [0, 0.05) is 6.54 Å². The SMILES string of the molecule is N#Cc1c(NC(=O)c2ccccc2Cl)n(CCc2ccc(F)cc2)c2nc3ccccc3nc12. The highest BCUT2D eigenvalue weighted by Crippen LogP contribution is 2.30. The Labute approximate surface area is 199 Å². The van der Waals surface area contributed by atoms with Crippen LogP contribution in [0.4, 0.5) is 10.2 Å². The van der Waals surface area contributed by atoms with E-state index in [4.69, 9.17) is 16.6 Å². The molecule has 0 bridgehead atoms. The molecule has 0 aliphatic heterocycles. The number of fused-ring (bicyclic) bond motifs is 2. The van der Waals surface area contributed by atoms with Crippen LogP contribution in [0.25, 0.3) is 22.2 Å². The van der Waals surface area contributed by atoms with E-state index in [9.17, 15) is 14.4 Å². The van der Waals surface area contributed by atoms with E-state index in [-0.39, 0.29) is 16.9 Å². The van der Waals surface area contributed by atoms with Crippen molar-refractivity contribution in [2.75, 3.05) is 5.32 Å². The summed E-state index contributed by atoms with van der Waals surface area (Å²) < 4.78 is 15.1. The highest BCUT2D eigenvalue weighted by molar-refractivity contribution is 6.34. The van der Waals surface area contributed by atoms with E-state index in [1.807, 2.05) is 24.3 Å². The van der Waals surface area contributed by atoms with E-state index in [1.54, 1.807) is 41.0 Å². The largest absolute Gasteiger partial charge is 0.309 e. The number of nitrogens with one attached hydrogen (secondary N) is 1. The molecule has 0 aliphatic carbocycles. The molecule has 0 aliphatic rings. The van der Waals surface area contributed by atoms with E-state index in [2.05, 4.69) is 16.4 Å². The first-order valence-electron chi connectivity index (χ1n) is 10.5. The van der Waals surface area contributed by atoms with Gasteiger partial charge < -0.3 is 9.88 Å². The first kappa shape index (κ1) is 21.6. The number of amides is 1. The third kappa shape index (κ3) is 3.96. The quantitative estimate of drug-likeness (QED) is 0.355. The van der Waals surface area contributed by atoms with Gasteiger partial charge in [-0.2, -0.15) is 5.26 Å². The van der Waals surface area contributed by atoms with Crippen LogP contribution in [0.5, 0.6) is 0 Å². The van der Waals surface area contributed by atoms with Gasteiger partial charge >= 0.3 is 0 Å². The zero-order valence-corrected chi connectivity index (χ0v) is 18.6. The van der Waals surface area contributed by atoms with Crippen LogP contribution in [0.15, 0.2) is 72.8 Å². The van der Waals surface area contributed by atoms with Crippen LogP contribution in [0.3, 0.4) is 0 Å². The maximum Gasteiger partial charge on any atom is 0.258 e. The predicted octanol–water partition coefficient (Wildman–Crippen LogP) is 5.74. The van der Waals surface area contributed by atoms with Crippen molar-refractivity contribution in [2.24, 2.45) is 0 Å². The molecule has 0 spiro atoms. The van der Waals surface area contributed by atoms with E-state index in [0.29, 0.717) is 46.0 Å². The maximum atomic E-state index is 13.3. The number of anilines is 1. The standard InChI is InChI=1S/C26H17ClFN5O/c27-20-6-2-1-5-18(20)26(34)32-24-19(15-29)23-25(31-22-8-4-3-7-21(22)30-23)33(24)14-13-16-9-11-17(28)12-10-16/h1-12H,13-14H2,(H,32,34). The van der Waals surface area contributed by atoms with Crippen LogP contribution in [0, 0.1) is 17.1 Å². The summed E-state index contributed by atoms with van der Waals surface area (Å²) in [5.41, 5.74) is 3.60. The average molecular weight is 470 g/mol. The Balaban J connectivity index is 1.64. The Morgan fingerprint density at radius 2 is 1.68 bits per heavy atom. The Morgan fingerprint density at radius 1 is 1.00 bits per heavy atom. The molecule has 3 aromatic carbocycles. The number of carbonyl (C=O) groups excluding carboxylic acids is 1. The number of nitriles is 1. The second kappa shape index (κ2) is 8.93. The number of hydrogen-bond acceptors (Lipinski definition) is 4. The van der Waals surface area contributed by atoms with Gasteiger partial charge in [-0.1, -0.05) is 48.0 Å². The predicted molar refractivity (Wildman–Crippen MR) is 129 cm³/mol. The lowest BCUT2D eigenvalue weighted by Crippen LogP contribution is -2.17. The number of benzene rings is 3. The number of para-hydroxylation sites is 2. The number of aryl methyl sites for hydroxylation is 2. The van der Waals surface area contributed by atoms with Crippen molar-refractivity contribution in [3.63, 3.8) is 0 Å². The molecule has 0 unspecified atom stereocenters. The number of carbonyl (C=O) groups is 1. The molecule has 1 amide bonds. The third-order valence-corrected chi connectivity index (χ3v) is 5.88. The number of rotatable bonds is 5. The molecule has 5 rings (SSSR count). The minimum Gasteiger partial charge on any atom is -0.309 e. The van der Waals surface area contributed by atoms with Gasteiger partial charge in [-0.15, -0.1) is 0 Å². The Kier molecular flexibility index (Phi) is 5.66. The maximum absolute atomic E-state index is 13.3. The summed E-state index contributed by atoms with van der Waals surface area (Å²) in [6, 6.07) is 22.4. The van der Waals surface area contributed by atoms with Crippen molar-refractivity contribution in [3.05, 3.63) is 100 Å². The van der Waals surface area contributed by atoms with Crippen molar-refractivity contribution in [1.29, 1.82) is 5.26 Å². The summed E-state index contributed by atoms with van der Waals surface area (Å²) in [7, 11) is 0. The molecule has 34 heavy (non-hydrogen) atoms. The lowest BCUT2D eigenvalue weighted by atomic mass is 10.1. The van der Waals surface area contributed by atoms with Crippen LogP contribution in [-0.2, 0) is 13.0 Å². The molecular formula is C26H17ClFN5O. The lowest BCUT2D eigenvalue weighted by molar-refractivity contribution is 0.102. The molecule has 166 valence electrons. The van der Waals surface area contributed by atoms with Gasteiger partial charge in [-0.25, -0.2) is 14.4 Å². The van der Waals surface area contributed by atoms with E-state index in [1.165, 1.54) is 12.1 Å². The molecule has 0 atom stereocenters. The summed E-state index contributed by atoms with van der Waals surface area (Å²) in [5, 5.41) is 13.2. The van der Waals surface area contributed by atoms with Crippen molar-refractivity contribution < 1.29 is 9.18 Å². The van der Waals surface area contributed by atoms with Gasteiger partial charge in [0.15, 0.2) is 5.65 Å². The Hall–Kier alpha value is -4.28. The highest BCUT2D eigenvalue weighted by atomic mass is 35.5. The van der Waals surface area contributed by atoms with Crippen molar-refractivity contribution >= 4 is 45.5 Å². The van der Waals surface area contributed by atoms with Crippen molar-refractivity contribution in [2.45, 2.75) is 13.0 Å². The van der Waals surface area contributed by atoms with Crippen LogP contribution in [0.1, 0.15) is 21.5 Å².